The average Bonchev–Trinajstić information content (AvgIpc) is 2.38. The fourth-order valence-corrected chi connectivity index (χ4v) is 2.68. The first kappa shape index (κ1) is 17.2. The monoisotopic (exact) mass is 276 g/mol. The maximum Gasteiger partial charge on any atom is 0.0197 e. The molecule has 0 bridgehead atoms. The summed E-state index contributed by atoms with van der Waals surface area (Å²) in [6.45, 7) is 9.15. The second-order valence-corrected chi connectivity index (χ2v) is 6.64. The van der Waals surface area contributed by atoms with E-state index in [1.165, 1.54) is 18.4 Å². The van der Waals surface area contributed by atoms with Crippen LogP contribution in [0.15, 0.2) is 30.3 Å². The predicted molar refractivity (Wildman–Crippen MR) is 89.3 cm³/mol. The van der Waals surface area contributed by atoms with Crippen LogP contribution < -0.4 is 5.32 Å². The number of rotatable bonds is 9. The molecular weight excluding hydrogens is 244 g/mol. The zero-order valence-corrected chi connectivity index (χ0v) is 13.9. The molecule has 2 atom stereocenters. The molecule has 1 N–H and O–H groups in total. The normalized spacial score (nSPS) is 14.8. The summed E-state index contributed by atoms with van der Waals surface area (Å²) in [5.74, 6) is 1.38. The standard InChI is InChI=1S/C18H32N2/c1-15(2)13-18(14-20(4)5)19-12-11-16(3)17-9-7-6-8-10-17/h6-10,15-16,18-19H,11-14H2,1-5H3. The maximum atomic E-state index is 3.74. The molecule has 1 rings (SSSR count). The lowest BCUT2D eigenvalue weighted by Gasteiger charge is -2.24. The van der Waals surface area contributed by atoms with E-state index < -0.39 is 0 Å². The van der Waals surface area contributed by atoms with Crippen molar-refractivity contribution in [2.75, 3.05) is 27.2 Å². The van der Waals surface area contributed by atoms with Crippen molar-refractivity contribution in [3.8, 4) is 0 Å². The van der Waals surface area contributed by atoms with Crippen molar-refractivity contribution in [3.63, 3.8) is 0 Å². The lowest BCUT2D eigenvalue weighted by atomic mass is 9.97. The van der Waals surface area contributed by atoms with Gasteiger partial charge in [-0.2, -0.15) is 0 Å². The Hall–Kier alpha value is -0.860. The summed E-state index contributed by atoms with van der Waals surface area (Å²) in [7, 11) is 4.31. The van der Waals surface area contributed by atoms with Gasteiger partial charge in [0.05, 0.1) is 0 Å². The molecule has 2 unspecified atom stereocenters. The highest BCUT2D eigenvalue weighted by molar-refractivity contribution is 5.18. The van der Waals surface area contributed by atoms with Crippen molar-refractivity contribution in [1.82, 2.24) is 10.2 Å². The molecule has 0 spiro atoms. The van der Waals surface area contributed by atoms with Gasteiger partial charge >= 0.3 is 0 Å². The van der Waals surface area contributed by atoms with Gasteiger partial charge in [0.1, 0.15) is 0 Å². The summed E-state index contributed by atoms with van der Waals surface area (Å²) in [6, 6.07) is 11.4. The molecule has 20 heavy (non-hydrogen) atoms. The molecule has 2 heteroatoms. The van der Waals surface area contributed by atoms with Gasteiger partial charge in [-0.05, 0) is 50.9 Å². The van der Waals surface area contributed by atoms with E-state index >= 15 is 0 Å². The predicted octanol–water partition coefficient (Wildman–Crippen LogP) is 3.75. The van der Waals surface area contributed by atoms with Gasteiger partial charge in [0.25, 0.3) is 0 Å². The molecule has 0 aliphatic carbocycles. The van der Waals surface area contributed by atoms with Crippen molar-refractivity contribution in [1.29, 1.82) is 0 Å². The molecule has 1 aromatic rings. The summed E-state index contributed by atoms with van der Waals surface area (Å²) in [5, 5.41) is 3.74. The van der Waals surface area contributed by atoms with Crippen molar-refractivity contribution >= 4 is 0 Å². The fourth-order valence-electron chi connectivity index (χ4n) is 2.68. The van der Waals surface area contributed by atoms with Crippen molar-refractivity contribution in [2.45, 2.75) is 45.6 Å². The van der Waals surface area contributed by atoms with Crippen LogP contribution >= 0.6 is 0 Å². The van der Waals surface area contributed by atoms with Crippen LogP contribution in [0.2, 0.25) is 0 Å². The van der Waals surface area contributed by atoms with Crippen LogP contribution in [-0.2, 0) is 0 Å². The van der Waals surface area contributed by atoms with E-state index in [-0.39, 0.29) is 0 Å². The van der Waals surface area contributed by atoms with E-state index in [1.54, 1.807) is 0 Å². The Morgan fingerprint density at radius 3 is 2.25 bits per heavy atom. The molecule has 0 amide bonds. The number of benzene rings is 1. The summed E-state index contributed by atoms with van der Waals surface area (Å²) < 4.78 is 0. The number of likely N-dealkylation sites (N-methyl/N-ethyl adjacent to an activating group) is 1. The Balaban J connectivity index is 2.36. The highest BCUT2D eigenvalue weighted by Crippen LogP contribution is 2.17. The van der Waals surface area contributed by atoms with Gasteiger partial charge in [-0.15, -0.1) is 0 Å². The smallest absolute Gasteiger partial charge is 0.0197 e. The van der Waals surface area contributed by atoms with Crippen LogP contribution in [0.1, 0.15) is 45.1 Å². The summed E-state index contributed by atoms with van der Waals surface area (Å²) >= 11 is 0. The van der Waals surface area contributed by atoms with Gasteiger partial charge in [0.2, 0.25) is 0 Å². The molecular formula is C18H32N2. The molecule has 114 valence electrons. The molecule has 0 saturated heterocycles. The van der Waals surface area contributed by atoms with E-state index in [0.717, 1.165) is 19.0 Å². The van der Waals surface area contributed by atoms with E-state index in [2.05, 4.69) is 75.4 Å². The van der Waals surface area contributed by atoms with Gasteiger partial charge < -0.3 is 10.2 Å². The third-order valence-electron chi connectivity index (χ3n) is 3.72. The van der Waals surface area contributed by atoms with Crippen LogP contribution in [0, 0.1) is 5.92 Å². The van der Waals surface area contributed by atoms with E-state index in [4.69, 9.17) is 0 Å². The van der Waals surface area contributed by atoms with Gasteiger partial charge in [-0.25, -0.2) is 0 Å². The molecule has 0 saturated carbocycles. The zero-order chi connectivity index (χ0) is 15.0. The molecule has 0 aromatic heterocycles. The number of nitrogens with one attached hydrogen (secondary N) is 1. The Labute approximate surface area is 125 Å². The Bertz CT molecular complexity index is 336. The minimum absolute atomic E-state index is 0.605. The fraction of sp³-hybridized carbons (Fsp3) is 0.667. The van der Waals surface area contributed by atoms with Crippen molar-refractivity contribution in [3.05, 3.63) is 35.9 Å². The van der Waals surface area contributed by atoms with Crippen LogP contribution in [0.25, 0.3) is 0 Å². The average molecular weight is 276 g/mol. The first-order valence-electron chi connectivity index (χ1n) is 7.92. The van der Waals surface area contributed by atoms with Gasteiger partial charge in [0, 0.05) is 12.6 Å². The van der Waals surface area contributed by atoms with Crippen LogP contribution in [0.5, 0.6) is 0 Å². The van der Waals surface area contributed by atoms with Gasteiger partial charge in [0.15, 0.2) is 0 Å². The van der Waals surface area contributed by atoms with Crippen molar-refractivity contribution in [2.24, 2.45) is 5.92 Å². The summed E-state index contributed by atoms with van der Waals surface area (Å²) in [4.78, 5) is 2.28. The van der Waals surface area contributed by atoms with E-state index in [1.807, 2.05) is 0 Å². The Kier molecular flexibility index (Phi) is 7.86. The van der Waals surface area contributed by atoms with Crippen molar-refractivity contribution < 1.29 is 0 Å². The van der Waals surface area contributed by atoms with Crippen LogP contribution in [0.4, 0.5) is 0 Å². The van der Waals surface area contributed by atoms with Crippen LogP contribution in [0.3, 0.4) is 0 Å². The second kappa shape index (κ2) is 9.15. The minimum atomic E-state index is 0.605. The second-order valence-electron chi connectivity index (χ2n) is 6.64. The largest absolute Gasteiger partial charge is 0.313 e. The first-order chi connectivity index (χ1) is 9.49. The lowest BCUT2D eigenvalue weighted by molar-refractivity contribution is 0.304. The zero-order valence-electron chi connectivity index (χ0n) is 13.9. The van der Waals surface area contributed by atoms with E-state index in [9.17, 15) is 0 Å². The molecule has 1 aromatic carbocycles. The maximum absolute atomic E-state index is 3.74. The van der Waals surface area contributed by atoms with Gasteiger partial charge in [-0.3, -0.25) is 0 Å². The highest BCUT2D eigenvalue weighted by atomic mass is 15.1. The number of hydrogen-bond acceptors (Lipinski definition) is 2. The number of nitrogens with zero attached hydrogens (tertiary/aromatic N) is 1. The summed E-state index contributed by atoms with van der Waals surface area (Å²) in [5.41, 5.74) is 1.45. The topological polar surface area (TPSA) is 15.3 Å². The number of hydrogen-bond donors (Lipinski definition) is 1. The SMILES string of the molecule is CC(C)CC(CN(C)C)NCCC(C)c1ccccc1. The molecule has 0 aliphatic rings. The molecule has 0 fully saturated rings. The Morgan fingerprint density at radius 2 is 1.70 bits per heavy atom. The third kappa shape index (κ3) is 7.06. The quantitative estimate of drug-likeness (QED) is 0.739. The molecule has 0 heterocycles. The molecule has 2 nitrogen and oxygen atoms in total. The minimum Gasteiger partial charge on any atom is -0.313 e. The highest BCUT2D eigenvalue weighted by Gasteiger charge is 2.12. The third-order valence-corrected chi connectivity index (χ3v) is 3.72. The summed E-state index contributed by atoms with van der Waals surface area (Å²) in [6.07, 6.45) is 2.45. The molecule has 0 radical (unpaired) electrons. The van der Waals surface area contributed by atoms with Gasteiger partial charge in [-0.1, -0.05) is 51.1 Å². The lowest BCUT2D eigenvalue weighted by Crippen LogP contribution is -2.39. The van der Waals surface area contributed by atoms with Crippen LogP contribution in [-0.4, -0.2) is 38.1 Å². The Morgan fingerprint density at radius 1 is 1.05 bits per heavy atom. The molecule has 0 aliphatic heterocycles. The first-order valence-corrected chi connectivity index (χ1v) is 7.92. The van der Waals surface area contributed by atoms with E-state index in [0.29, 0.717) is 12.0 Å².